The average Bonchev–Trinajstić information content (AvgIpc) is 3.00. The number of hydrogen-bond donors (Lipinski definition) is 1. The van der Waals surface area contributed by atoms with Gasteiger partial charge in [-0.25, -0.2) is 0 Å². The van der Waals surface area contributed by atoms with Gasteiger partial charge >= 0.3 is 0 Å². The van der Waals surface area contributed by atoms with Crippen LogP contribution in [-0.4, -0.2) is 36.5 Å². The lowest BCUT2D eigenvalue weighted by Crippen LogP contribution is -2.46. The Balaban J connectivity index is 2.00. The van der Waals surface area contributed by atoms with Crippen molar-refractivity contribution in [3.05, 3.63) is 34.9 Å². The molecule has 116 valence electrons. The highest BCUT2D eigenvalue weighted by Gasteiger charge is 2.28. The SMILES string of the molecule is CC/C=C\C(C)=C/C1=C(C)CN(C(=O)C2CCCN2)CC1. The summed E-state index contributed by atoms with van der Waals surface area (Å²) in [5.41, 5.74) is 4.02. The van der Waals surface area contributed by atoms with Crippen molar-refractivity contribution in [3.8, 4) is 0 Å². The first-order valence-electron chi connectivity index (χ1n) is 8.17. The molecule has 0 radical (unpaired) electrons. The van der Waals surface area contributed by atoms with Crippen molar-refractivity contribution < 1.29 is 4.79 Å². The van der Waals surface area contributed by atoms with E-state index in [-0.39, 0.29) is 11.9 Å². The van der Waals surface area contributed by atoms with Gasteiger partial charge in [-0.1, -0.05) is 36.3 Å². The Bertz CT molecular complexity index is 468. The third-order valence-corrected chi connectivity index (χ3v) is 4.32. The maximum Gasteiger partial charge on any atom is 0.240 e. The van der Waals surface area contributed by atoms with Gasteiger partial charge in [0, 0.05) is 13.1 Å². The summed E-state index contributed by atoms with van der Waals surface area (Å²) in [4.78, 5) is 14.5. The van der Waals surface area contributed by atoms with Crippen LogP contribution in [0.15, 0.2) is 34.9 Å². The van der Waals surface area contributed by atoms with Crippen molar-refractivity contribution in [1.29, 1.82) is 0 Å². The molecule has 0 spiro atoms. The summed E-state index contributed by atoms with van der Waals surface area (Å²) in [6.45, 7) is 9.07. The lowest BCUT2D eigenvalue weighted by Gasteiger charge is -2.31. The summed E-state index contributed by atoms with van der Waals surface area (Å²) in [6, 6.07) is 0.0594. The molecule has 0 aromatic carbocycles. The van der Waals surface area contributed by atoms with Crippen LogP contribution in [0.4, 0.5) is 0 Å². The molecule has 0 saturated carbocycles. The van der Waals surface area contributed by atoms with Gasteiger partial charge in [0.15, 0.2) is 0 Å². The van der Waals surface area contributed by atoms with Crippen molar-refractivity contribution in [2.24, 2.45) is 0 Å². The maximum absolute atomic E-state index is 12.4. The molecule has 1 fully saturated rings. The van der Waals surface area contributed by atoms with Gasteiger partial charge in [-0.2, -0.15) is 0 Å². The van der Waals surface area contributed by atoms with Gasteiger partial charge in [0.1, 0.15) is 0 Å². The summed E-state index contributed by atoms with van der Waals surface area (Å²) in [5, 5.41) is 3.31. The van der Waals surface area contributed by atoms with Crippen LogP contribution in [0.1, 0.15) is 46.5 Å². The molecule has 21 heavy (non-hydrogen) atoms. The van der Waals surface area contributed by atoms with Gasteiger partial charge in [0.05, 0.1) is 6.04 Å². The van der Waals surface area contributed by atoms with Crippen LogP contribution in [-0.2, 0) is 4.79 Å². The molecule has 1 saturated heterocycles. The van der Waals surface area contributed by atoms with E-state index in [9.17, 15) is 4.79 Å². The number of allylic oxidation sites excluding steroid dienone is 4. The molecule has 0 aromatic rings. The zero-order valence-electron chi connectivity index (χ0n) is 13.6. The minimum Gasteiger partial charge on any atom is -0.337 e. The molecular weight excluding hydrogens is 260 g/mol. The highest BCUT2D eigenvalue weighted by atomic mass is 16.2. The Labute approximate surface area is 128 Å². The predicted molar refractivity (Wildman–Crippen MR) is 88.1 cm³/mol. The molecule has 1 unspecified atom stereocenters. The lowest BCUT2D eigenvalue weighted by molar-refractivity contribution is -0.132. The fourth-order valence-corrected chi connectivity index (χ4v) is 3.06. The normalized spacial score (nSPS) is 24.2. The van der Waals surface area contributed by atoms with Crippen LogP contribution in [0.5, 0.6) is 0 Å². The van der Waals surface area contributed by atoms with E-state index < -0.39 is 0 Å². The Morgan fingerprint density at radius 1 is 1.48 bits per heavy atom. The average molecular weight is 288 g/mol. The molecule has 3 nitrogen and oxygen atoms in total. The number of rotatable bonds is 4. The van der Waals surface area contributed by atoms with E-state index in [0.29, 0.717) is 0 Å². The maximum atomic E-state index is 12.4. The third-order valence-electron chi connectivity index (χ3n) is 4.32. The number of nitrogens with one attached hydrogen (secondary N) is 1. The van der Waals surface area contributed by atoms with Crippen LogP contribution >= 0.6 is 0 Å². The zero-order valence-corrected chi connectivity index (χ0v) is 13.6. The van der Waals surface area contributed by atoms with Crippen LogP contribution in [0.25, 0.3) is 0 Å². The molecule has 2 heterocycles. The minimum atomic E-state index is 0.0594. The van der Waals surface area contributed by atoms with Gasteiger partial charge in [-0.15, -0.1) is 0 Å². The van der Waals surface area contributed by atoms with Crippen molar-refractivity contribution in [3.63, 3.8) is 0 Å². The minimum absolute atomic E-state index is 0.0594. The van der Waals surface area contributed by atoms with Crippen LogP contribution in [0.3, 0.4) is 0 Å². The van der Waals surface area contributed by atoms with Crippen molar-refractivity contribution >= 4 is 5.91 Å². The number of hydrogen-bond acceptors (Lipinski definition) is 2. The first-order chi connectivity index (χ1) is 10.1. The highest BCUT2D eigenvalue weighted by molar-refractivity contribution is 5.82. The standard InChI is InChI=1S/C18H28N2O/c1-4-5-7-14(2)12-16-9-11-20(13-15(16)3)18(21)17-8-6-10-19-17/h5,7,12,17,19H,4,6,8-11,13H2,1-3H3/b7-5-,14-12-. The third kappa shape index (κ3) is 4.31. The van der Waals surface area contributed by atoms with Gasteiger partial charge in [-0.3, -0.25) is 4.79 Å². The van der Waals surface area contributed by atoms with Gasteiger partial charge in [-0.05, 0) is 51.6 Å². The summed E-state index contributed by atoms with van der Waals surface area (Å²) in [6.07, 6.45) is 10.8. The summed E-state index contributed by atoms with van der Waals surface area (Å²) < 4.78 is 0. The van der Waals surface area contributed by atoms with E-state index in [4.69, 9.17) is 0 Å². The van der Waals surface area contributed by atoms with Crippen molar-refractivity contribution in [1.82, 2.24) is 10.2 Å². The van der Waals surface area contributed by atoms with Crippen LogP contribution in [0, 0.1) is 0 Å². The fraction of sp³-hybridized carbons (Fsp3) is 0.611. The number of carbonyl (C=O) groups is 1. The molecule has 2 rings (SSSR count). The quantitative estimate of drug-likeness (QED) is 0.806. The van der Waals surface area contributed by atoms with Gasteiger partial charge in [0.25, 0.3) is 0 Å². The summed E-state index contributed by atoms with van der Waals surface area (Å²) in [7, 11) is 0. The second-order valence-electron chi connectivity index (χ2n) is 6.16. The molecule has 1 amide bonds. The van der Waals surface area contributed by atoms with Crippen molar-refractivity contribution in [2.75, 3.05) is 19.6 Å². The van der Waals surface area contributed by atoms with E-state index in [0.717, 1.165) is 45.3 Å². The second-order valence-corrected chi connectivity index (χ2v) is 6.16. The molecule has 1 atom stereocenters. The predicted octanol–water partition coefficient (Wildman–Crippen LogP) is 3.20. The van der Waals surface area contributed by atoms with E-state index >= 15 is 0 Å². The van der Waals surface area contributed by atoms with E-state index in [1.54, 1.807) is 0 Å². The monoisotopic (exact) mass is 288 g/mol. The fourth-order valence-electron chi connectivity index (χ4n) is 3.06. The summed E-state index contributed by atoms with van der Waals surface area (Å²) in [5.74, 6) is 0.289. The van der Waals surface area contributed by atoms with Gasteiger partial charge in [0.2, 0.25) is 5.91 Å². The molecule has 3 heteroatoms. The lowest BCUT2D eigenvalue weighted by atomic mass is 9.98. The Hall–Kier alpha value is -1.35. The Morgan fingerprint density at radius 3 is 2.90 bits per heavy atom. The molecule has 0 aliphatic carbocycles. The van der Waals surface area contributed by atoms with Gasteiger partial charge < -0.3 is 10.2 Å². The molecule has 0 bridgehead atoms. The number of nitrogens with zero attached hydrogens (tertiary/aromatic N) is 1. The van der Waals surface area contributed by atoms with Crippen LogP contribution in [0.2, 0.25) is 0 Å². The Morgan fingerprint density at radius 2 is 2.29 bits per heavy atom. The molecule has 2 aliphatic rings. The Kier molecular flexibility index (Phi) is 5.80. The zero-order chi connectivity index (χ0) is 15.2. The largest absolute Gasteiger partial charge is 0.337 e. The summed E-state index contributed by atoms with van der Waals surface area (Å²) >= 11 is 0. The smallest absolute Gasteiger partial charge is 0.240 e. The number of carbonyl (C=O) groups excluding carboxylic acids is 1. The number of amides is 1. The highest BCUT2D eigenvalue weighted by Crippen LogP contribution is 2.22. The molecule has 1 N–H and O–H groups in total. The topological polar surface area (TPSA) is 32.3 Å². The molecule has 0 aromatic heterocycles. The van der Waals surface area contributed by atoms with E-state index in [2.05, 4.69) is 44.3 Å². The molecule has 2 aliphatic heterocycles. The van der Waals surface area contributed by atoms with Crippen LogP contribution < -0.4 is 5.32 Å². The second kappa shape index (κ2) is 7.60. The van der Waals surface area contributed by atoms with E-state index in [1.165, 1.54) is 16.7 Å². The first kappa shape index (κ1) is 16.0. The first-order valence-corrected chi connectivity index (χ1v) is 8.17. The van der Waals surface area contributed by atoms with Crippen molar-refractivity contribution in [2.45, 2.75) is 52.5 Å². The van der Waals surface area contributed by atoms with E-state index in [1.807, 2.05) is 4.90 Å². The molecular formula is C18H28N2O.